The number of aliphatic carboxylic acids is 1. The Hall–Kier alpha value is -4.71. The number of fused-ring (bicyclic) bond motifs is 1. The number of nitrogens with one attached hydrogen (secondary N) is 1. The van der Waals surface area contributed by atoms with Gasteiger partial charge in [-0.05, 0) is 64.1 Å². The van der Waals surface area contributed by atoms with E-state index in [1.165, 1.54) is 4.90 Å². The van der Waals surface area contributed by atoms with Gasteiger partial charge in [0.2, 0.25) is 0 Å². The lowest BCUT2D eigenvalue weighted by Crippen LogP contribution is -2.44. The Balaban J connectivity index is 1.28. The third-order valence-corrected chi connectivity index (χ3v) is 6.89. The van der Waals surface area contributed by atoms with E-state index in [4.69, 9.17) is 0 Å². The minimum absolute atomic E-state index is 0.196. The second-order valence-electron chi connectivity index (χ2n) is 9.81. The van der Waals surface area contributed by atoms with Crippen LogP contribution in [0.5, 0.6) is 0 Å². The lowest BCUT2D eigenvalue weighted by Gasteiger charge is -2.27. The van der Waals surface area contributed by atoms with Crippen molar-refractivity contribution in [2.45, 2.75) is 26.4 Å². The molecule has 0 unspecified atom stereocenters. The highest BCUT2D eigenvalue weighted by atomic mass is 16.4. The molecule has 5 rings (SSSR count). The quantitative estimate of drug-likeness (QED) is 0.308. The van der Waals surface area contributed by atoms with Crippen LogP contribution in [0, 0.1) is 5.92 Å². The largest absolute Gasteiger partial charge is 0.480 e. The first kappa shape index (κ1) is 25.0. The minimum Gasteiger partial charge on any atom is -0.480 e. The number of amides is 2. The van der Waals surface area contributed by atoms with Crippen molar-refractivity contribution in [2.75, 3.05) is 5.32 Å². The Morgan fingerprint density at radius 2 is 1.37 bits per heavy atom. The average Bonchev–Trinajstić information content (AvgIpc) is 3.24. The summed E-state index contributed by atoms with van der Waals surface area (Å²) in [6.07, 6.45) is 0. The van der Waals surface area contributed by atoms with Gasteiger partial charge in [0.1, 0.15) is 6.04 Å². The Bertz CT molecular complexity index is 1490. The number of carboxylic acids is 1. The molecule has 0 saturated carbocycles. The third kappa shape index (κ3) is 4.93. The van der Waals surface area contributed by atoms with Crippen molar-refractivity contribution in [1.29, 1.82) is 0 Å². The van der Waals surface area contributed by atoms with E-state index in [1.54, 1.807) is 13.8 Å². The van der Waals surface area contributed by atoms with Crippen molar-refractivity contribution in [3.05, 3.63) is 114 Å². The first-order valence-electron chi connectivity index (χ1n) is 12.6. The van der Waals surface area contributed by atoms with Gasteiger partial charge in [0, 0.05) is 23.4 Å². The van der Waals surface area contributed by atoms with E-state index in [-0.39, 0.29) is 17.7 Å². The molecule has 1 aliphatic heterocycles. The number of carbonyl (C=O) groups excluding carboxylic acids is 2. The number of carbonyl (C=O) groups is 3. The van der Waals surface area contributed by atoms with E-state index in [0.29, 0.717) is 23.4 Å². The van der Waals surface area contributed by atoms with Crippen LogP contribution in [0.4, 0.5) is 5.69 Å². The summed E-state index contributed by atoms with van der Waals surface area (Å²) in [6, 6.07) is 29.7. The predicted octanol–water partition coefficient (Wildman–Crippen LogP) is 6.34. The van der Waals surface area contributed by atoms with Gasteiger partial charge >= 0.3 is 5.97 Å². The Labute approximate surface area is 221 Å². The highest BCUT2D eigenvalue weighted by Crippen LogP contribution is 2.31. The van der Waals surface area contributed by atoms with Gasteiger partial charge in [0.05, 0.1) is 0 Å². The SMILES string of the molecule is CC(C)[C@@H](C(=O)O)N1Cc2ccc(-c3ccc(NC(=O)c4ccc(-c5ccccc5)cc4)cc3)cc2C1=O. The van der Waals surface area contributed by atoms with E-state index in [9.17, 15) is 19.5 Å². The molecule has 190 valence electrons. The third-order valence-electron chi connectivity index (χ3n) is 6.89. The van der Waals surface area contributed by atoms with E-state index in [1.807, 2.05) is 97.1 Å². The number of nitrogens with zero attached hydrogens (tertiary/aromatic N) is 1. The van der Waals surface area contributed by atoms with Crippen LogP contribution in [0.1, 0.15) is 40.1 Å². The molecule has 6 heteroatoms. The molecule has 1 aliphatic rings. The second-order valence-corrected chi connectivity index (χ2v) is 9.81. The summed E-state index contributed by atoms with van der Waals surface area (Å²) in [6.45, 7) is 3.90. The Kier molecular flexibility index (Phi) is 6.79. The Morgan fingerprint density at radius 1 is 0.789 bits per heavy atom. The van der Waals surface area contributed by atoms with Crippen LogP contribution in [0.15, 0.2) is 97.1 Å². The number of carboxylic acid groups (broad SMARTS) is 1. The van der Waals surface area contributed by atoms with Gasteiger partial charge < -0.3 is 15.3 Å². The van der Waals surface area contributed by atoms with Crippen molar-refractivity contribution >= 4 is 23.5 Å². The van der Waals surface area contributed by atoms with Crippen molar-refractivity contribution < 1.29 is 19.5 Å². The zero-order valence-corrected chi connectivity index (χ0v) is 21.2. The topological polar surface area (TPSA) is 86.7 Å². The molecule has 0 fully saturated rings. The number of rotatable bonds is 7. The highest BCUT2D eigenvalue weighted by Gasteiger charge is 2.38. The lowest BCUT2D eigenvalue weighted by atomic mass is 10.00. The smallest absolute Gasteiger partial charge is 0.326 e. The summed E-state index contributed by atoms with van der Waals surface area (Å²) < 4.78 is 0. The van der Waals surface area contributed by atoms with Crippen LogP contribution >= 0.6 is 0 Å². The summed E-state index contributed by atoms with van der Waals surface area (Å²) in [4.78, 5) is 39.0. The van der Waals surface area contributed by atoms with Gasteiger partial charge in [-0.15, -0.1) is 0 Å². The van der Waals surface area contributed by atoms with Crippen LogP contribution < -0.4 is 5.32 Å². The maximum absolute atomic E-state index is 13.1. The van der Waals surface area contributed by atoms with Crippen molar-refractivity contribution in [1.82, 2.24) is 4.90 Å². The maximum atomic E-state index is 13.1. The van der Waals surface area contributed by atoms with Crippen molar-refractivity contribution in [3.63, 3.8) is 0 Å². The molecule has 2 amide bonds. The molecule has 4 aromatic carbocycles. The molecule has 0 bridgehead atoms. The number of benzene rings is 4. The normalized spacial score (nSPS) is 13.3. The summed E-state index contributed by atoms with van der Waals surface area (Å²) in [7, 11) is 0. The van der Waals surface area contributed by atoms with Crippen LogP contribution in [-0.2, 0) is 11.3 Å². The minimum atomic E-state index is -0.994. The number of anilines is 1. The van der Waals surface area contributed by atoms with E-state index in [2.05, 4.69) is 5.32 Å². The summed E-state index contributed by atoms with van der Waals surface area (Å²) >= 11 is 0. The van der Waals surface area contributed by atoms with Gasteiger partial charge in [-0.3, -0.25) is 9.59 Å². The molecule has 1 heterocycles. The van der Waals surface area contributed by atoms with Crippen molar-refractivity contribution in [2.24, 2.45) is 5.92 Å². The molecule has 0 aliphatic carbocycles. The van der Waals surface area contributed by atoms with Gasteiger partial charge in [-0.1, -0.05) is 80.6 Å². The van der Waals surface area contributed by atoms with E-state index >= 15 is 0 Å². The molecule has 0 spiro atoms. The van der Waals surface area contributed by atoms with Gasteiger partial charge in [-0.25, -0.2) is 4.79 Å². The van der Waals surface area contributed by atoms with Gasteiger partial charge in [-0.2, -0.15) is 0 Å². The van der Waals surface area contributed by atoms with Gasteiger partial charge in [0.25, 0.3) is 11.8 Å². The molecule has 1 atom stereocenters. The van der Waals surface area contributed by atoms with E-state index < -0.39 is 12.0 Å². The highest BCUT2D eigenvalue weighted by molar-refractivity contribution is 6.05. The standard InChI is InChI=1S/C32H28N2O4/c1-20(2)29(32(37)38)34-19-26-13-12-25(18-28(26)31(34)36)23-14-16-27(17-15-23)33-30(35)24-10-8-22(9-11-24)21-6-4-3-5-7-21/h3-18,20,29H,19H2,1-2H3,(H,33,35)(H,37,38)/t29-/m0/s1. The van der Waals surface area contributed by atoms with Crippen molar-refractivity contribution in [3.8, 4) is 22.3 Å². The first-order chi connectivity index (χ1) is 18.3. The molecular weight excluding hydrogens is 476 g/mol. The predicted molar refractivity (Wildman–Crippen MR) is 148 cm³/mol. The molecule has 0 saturated heterocycles. The fraction of sp³-hybridized carbons (Fsp3) is 0.156. The first-order valence-corrected chi connectivity index (χ1v) is 12.6. The molecule has 38 heavy (non-hydrogen) atoms. The fourth-order valence-electron chi connectivity index (χ4n) is 4.90. The summed E-state index contributed by atoms with van der Waals surface area (Å²) in [5.74, 6) is -1.65. The zero-order chi connectivity index (χ0) is 26.8. The number of hydrogen-bond donors (Lipinski definition) is 2. The Morgan fingerprint density at radius 3 is 2.00 bits per heavy atom. The lowest BCUT2D eigenvalue weighted by molar-refractivity contribution is -0.144. The molecular formula is C32H28N2O4. The molecule has 4 aromatic rings. The number of hydrogen-bond acceptors (Lipinski definition) is 3. The second kappa shape index (κ2) is 10.3. The van der Waals surface area contributed by atoms with Gasteiger partial charge in [0.15, 0.2) is 0 Å². The molecule has 6 nitrogen and oxygen atoms in total. The van der Waals surface area contributed by atoms with Crippen LogP contribution in [0.25, 0.3) is 22.3 Å². The molecule has 0 radical (unpaired) electrons. The monoisotopic (exact) mass is 504 g/mol. The fourth-order valence-corrected chi connectivity index (χ4v) is 4.90. The molecule has 0 aromatic heterocycles. The average molecular weight is 505 g/mol. The van der Waals surface area contributed by atoms with Crippen LogP contribution in [-0.4, -0.2) is 33.8 Å². The zero-order valence-electron chi connectivity index (χ0n) is 21.2. The summed E-state index contributed by atoms with van der Waals surface area (Å²) in [5, 5.41) is 12.6. The van der Waals surface area contributed by atoms with E-state index in [0.717, 1.165) is 27.8 Å². The maximum Gasteiger partial charge on any atom is 0.326 e. The van der Waals surface area contributed by atoms with Crippen LogP contribution in [0.3, 0.4) is 0 Å². The summed E-state index contributed by atoms with van der Waals surface area (Å²) in [5.41, 5.74) is 6.47. The van der Waals surface area contributed by atoms with Crippen LogP contribution in [0.2, 0.25) is 0 Å². The molecule has 2 N–H and O–H groups in total.